The SMILES string of the molecule is c1ccc2c(COCCC3CCCCN3)cccc2c1. The Morgan fingerprint density at radius 2 is 1.95 bits per heavy atom. The predicted octanol–water partition coefficient (Wildman–Crippen LogP) is 3.89. The summed E-state index contributed by atoms with van der Waals surface area (Å²) in [7, 11) is 0. The van der Waals surface area contributed by atoms with Crippen LogP contribution in [0.4, 0.5) is 0 Å². The lowest BCUT2D eigenvalue weighted by Crippen LogP contribution is -2.34. The van der Waals surface area contributed by atoms with Crippen molar-refractivity contribution in [3.8, 4) is 0 Å². The van der Waals surface area contributed by atoms with Crippen LogP contribution in [0.3, 0.4) is 0 Å². The normalized spacial score (nSPS) is 19.3. The lowest BCUT2D eigenvalue weighted by molar-refractivity contribution is 0.109. The third kappa shape index (κ3) is 3.38. The van der Waals surface area contributed by atoms with Crippen molar-refractivity contribution in [2.24, 2.45) is 0 Å². The first-order chi connectivity index (χ1) is 9.93. The highest BCUT2D eigenvalue weighted by atomic mass is 16.5. The van der Waals surface area contributed by atoms with Gasteiger partial charge in [0.15, 0.2) is 0 Å². The Bertz CT molecular complexity index is 541. The van der Waals surface area contributed by atoms with E-state index in [0.29, 0.717) is 12.6 Å². The van der Waals surface area contributed by atoms with E-state index in [1.807, 2.05) is 0 Å². The average Bonchev–Trinajstić information content (AvgIpc) is 2.53. The van der Waals surface area contributed by atoms with Crippen molar-refractivity contribution in [1.29, 1.82) is 0 Å². The molecule has 0 aromatic heterocycles. The Morgan fingerprint density at radius 1 is 1.05 bits per heavy atom. The topological polar surface area (TPSA) is 21.3 Å². The lowest BCUT2D eigenvalue weighted by atomic mass is 10.0. The summed E-state index contributed by atoms with van der Waals surface area (Å²) in [6.07, 6.45) is 5.12. The molecule has 3 rings (SSSR count). The molecule has 0 radical (unpaired) electrons. The number of fused-ring (bicyclic) bond motifs is 1. The van der Waals surface area contributed by atoms with Gasteiger partial charge in [-0.05, 0) is 42.1 Å². The molecular formula is C18H23NO. The van der Waals surface area contributed by atoms with Gasteiger partial charge in [-0.3, -0.25) is 0 Å². The van der Waals surface area contributed by atoms with Gasteiger partial charge >= 0.3 is 0 Å². The summed E-state index contributed by atoms with van der Waals surface area (Å²) >= 11 is 0. The van der Waals surface area contributed by atoms with Crippen LogP contribution < -0.4 is 5.32 Å². The van der Waals surface area contributed by atoms with Gasteiger partial charge in [0.05, 0.1) is 6.61 Å². The molecular weight excluding hydrogens is 246 g/mol. The lowest BCUT2D eigenvalue weighted by Gasteiger charge is -2.23. The molecule has 2 aromatic carbocycles. The van der Waals surface area contributed by atoms with Gasteiger partial charge in [-0.15, -0.1) is 0 Å². The van der Waals surface area contributed by atoms with Crippen molar-refractivity contribution < 1.29 is 4.74 Å². The summed E-state index contributed by atoms with van der Waals surface area (Å²) < 4.78 is 5.89. The fraction of sp³-hybridized carbons (Fsp3) is 0.444. The van der Waals surface area contributed by atoms with E-state index >= 15 is 0 Å². The van der Waals surface area contributed by atoms with Crippen LogP contribution in [0.5, 0.6) is 0 Å². The molecule has 0 bridgehead atoms. The van der Waals surface area contributed by atoms with Gasteiger partial charge in [0, 0.05) is 12.6 Å². The standard InChI is InChI=1S/C18H23NO/c1-2-10-18-15(6-1)7-5-8-16(18)14-20-13-11-17-9-3-4-12-19-17/h1-2,5-8,10,17,19H,3-4,9,11-14H2. The van der Waals surface area contributed by atoms with E-state index in [1.165, 1.54) is 42.1 Å². The van der Waals surface area contributed by atoms with Crippen molar-refractivity contribution in [3.05, 3.63) is 48.0 Å². The summed E-state index contributed by atoms with van der Waals surface area (Å²) in [6, 6.07) is 15.6. The number of benzene rings is 2. The molecule has 2 nitrogen and oxygen atoms in total. The van der Waals surface area contributed by atoms with Crippen molar-refractivity contribution in [1.82, 2.24) is 5.32 Å². The van der Waals surface area contributed by atoms with Crippen LogP contribution in [-0.2, 0) is 11.3 Å². The van der Waals surface area contributed by atoms with E-state index in [0.717, 1.165) is 13.0 Å². The maximum absolute atomic E-state index is 5.89. The molecule has 20 heavy (non-hydrogen) atoms. The molecule has 2 aromatic rings. The predicted molar refractivity (Wildman–Crippen MR) is 83.9 cm³/mol. The molecule has 1 atom stereocenters. The molecule has 0 saturated carbocycles. The van der Waals surface area contributed by atoms with Crippen LogP contribution in [0.2, 0.25) is 0 Å². The zero-order valence-corrected chi connectivity index (χ0v) is 12.0. The maximum atomic E-state index is 5.89. The second-order valence-corrected chi connectivity index (χ2v) is 5.63. The summed E-state index contributed by atoms with van der Waals surface area (Å²) in [5, 5.41) is 6.17. The van der Waals surface area contributed by atoms with Crippen LogP contribution in [0.15, 0.2) is 42.5 Å². The van der Waals surface area contributed by atoms with Gasteiger partial charge in [0.2, 0.25) is 0 Å². The van der Waals surface area contributed by atoms with Gasteiger partial charge in [0.1, 0.15) is 0 Å². The van der Waals surface area contributed by atoms with E-state index in [-0.39, 0.29) is 0 Å². The fourth-order valence-electron chi connectivity index (χ4n) is 3.00. The highest BCUT2D eigenvalue weighted by Gasteiger charge is 2.11. The highest BCUT2D eigenvalue weighted by Crippen LogP contribution is 2.19. The number of hydrogen-bond acceptors (Lipinski definition) is 2. The Morgan fingerprint density at radius 3 is 2.85 bits per heavy atom. The summed E-state index contributed by atoms with van der Waals surface area (Å²) in [5.41, 5.74) is 1.29. The number of ether oxygens (including phenoxy) is 1. The number of nitrogens with one attached hydrogen (secondary N) is 1. The molecule has 1 heterocycles. The van der Waals surface area contributed by atoms with Crippen molar-refractivity contribution in [3.63, 3.8) is 0 Å². The molecule has 0 amide bonds. The van der Waals surface area contributed by atoms with Gasteiger partial charge in [0.25, 0.3) is 0 Å². The highest BCUT2D eigenvalue weighted by molar-refractivity contribution is 5.85. The van der Waals surface area contributed by atoms with Crippen molar-refractivity contribution in [2.75, 3.05) is 13.2 Å². The van der Waals surface area contributed by atoms with Gasteiger partial charge in [-0.25, -0.2) is 0 Å². The first kappa shape index (κ1) is 13.6. The summed E-state index contributed by atoms with van der Waals surface area (Å²) in [6.45, 7) is 2.74. The Balaban J connectivity index is 1.52. The molecule has 1 N–H and O–H groups in total. The van der Waals surface area contributed by atoms with Crippen LogP contribution in [0.1, 0.15) is 31.2 Å². The minimum Gasteiger partial charge on any atom is -0.377 e. The largest absolute Gasteiger partial charge is 0.377 e. The van der Waals surface area contributed by atoms with Gasteiger partial charge in [-0.2, -0.15) is 0 Å². The Labute approximate surface area is 121 Å². The minimum atomic E-state index is 0.663. The van der Waals surface area contributed by atoms with E-state index in [4.69, 9.17) is 4.74 Å². The second kappa shape index (κ2) is 6.87. The number of rotatable bonds is 5. The van der Waals surface area contributed by atoms with Crippen LogP contribution in [0, 0.1) is 0 Å². The molecule has 1 fully saturated rings. The molecule has 106 valence electrons. The van der Waals surface area contributed by atoms with E-state index in [2.05, 4.69) is 47.8 Å². The summed E-state index contributed by atoms with van der Waals surface area (Å²) in [4.78, 5) is 0. The van der Waals surface area contributed by atoms with E-state index in [9.17, 15) is 0 Å². The first-order valence-corrected chi connectivity index (χ1v) is 7.71. The molecule has 0 spiro atoms. The molecule has 1 aliphatic rings. The van der Waals surface area contributed by atoms with Crippen LogP contribution >= 0.6 is 0 Å². The van der Waals surface area contributed by atoms with E-state index in [1.54, 1.807) is 0 Å². The molecule has 0 aliphatic carbocycles. The Kier molecular flexibility index (Phi) is 4.67. The van der Waals surface area contributed by atoms with Crippen molar-refractivity contribution in [2.45, 2.75) is 38.3 Å². The monoisotopic (exact) mass is 269 g/mol. The van der Waals surface area contributed by atoms with Crippen LogP contribution in [0.25, 0.3) is 10.8 Å². The average molecular weight is 269 g/mol. The quantitative estimate of drug-likeness (QED) is 0.831. The van der Waals surface area contributed by atoms with Crippen LogP contribution in [-0.4, -0.2) is 19.2 Å². The zero-order valence-electron chi connectivity index (χ0n) is 12.0. The second-order valence-electron chi connectivity index (χ2n) is 5.63. The molecule has 1 aliphatic heterocycles. The van der Waals surface area contributed by atoms with E-state index < -0.39 is 0 Å². The molecule has 1 unspecified atom stereocenters. The zero-order chi connectivity index (χ0) is 13.6. The molecule has 1 saturated heterocycles. The number of piperidine rings is 1. The molecule has 2 heteroatoms. The summed E-state index contributed by atoms with van der Waals surface area (Å²) in [5.74, 6) is 0. The Hall–Kier alpha value is -1.38. The number of hydrogen-bond donors (Lipinski definition) is 1. The maximum Gasteiger partial charge on any atom is 0.0722 e. The smallest absolute Gasteiger partial charge is 0.0722 e. The minimum absolute atomic E-state index is 0.663. The third-order valence-electron chi connectivity index (χ3n) is 4.16. The fourth-order valence-corrected chi connectivity index (χ4v) is 3.00. The van der Waals surface area contributed by atoms with Gasteiger partial charge < -0.3 is 10.1 Å². The third-order valence-corrected chi connectivity index (χ3v) is 4.16. The van der Waals surface area contributed by atoms with Gasteiger partial charge in [-0.1, -0.05) is 48.9 Å². The first-order valence-electron chi connectivity index (χ1n) is 7.71. The van der Waals surface area contributed by atoms with Crippen molar-refractivity contribution >= 4 is 10.8 Å².